The second-order valence-electron chi connectivity index (χ2n) is 6.77. The Morgan fingerprint density at radius 3 is 2.62 bits per heavy atom. The Bertz CT molecular complexity index is 757. The van der Waals surface area contributed by atoms with Crippen LogP contribution in [0.15, 0.2) is 42.5 Å². The molecule has 0 radical (unpaired) electrons. The molecule has 160 valence electrons. The molecule has 2 aromatic rings. The van der Waals surface area contributed by atoms with Crippen LogP contribution in [0.2, 0.25) is 0 Å². The number of nitrogens with one attached hydrogen (secondary N) is 1. The molecule has 0 aliphatic carbocycles. The molecule has 1 fully saturated rings. The number of morpholine rings is 1. The molecule has 0 amide bonds. The highest BCUT2D eigenvalue weighted by Gasteiger charge is 2.22. The first kappa shape index (κ1) is 23.4. The Kier molecular flexibility index (Phi) is 9.67. The molecule has 1 heterocycles. The maximum absolute atomic E-state index is 13.8. The molecule has 29 heavy (non-hydrogen) atoms. The Morgan fingerprint density at radius 2 is 1.93 bits per heavy atom. The van der Waals surface area contributed by atoms with Gasteiger partial charge < -0.3 is 19.5 Å². The van der Waals surface area contributed by atoms with Gasteiger partial charge in [0, 0.05) is 32.2 Å². The number of methoxy groups -OCH3 is 1. The van der Waals surface area contributed by atoms with Crippen molar-refractivity contribution in [1.29, 1.82) is 0 Å². The first-order valence-corrected chi connectivity index (χ1v) is 9.79. The van der Waals surface area contributed by atoms with Crippen LogP contribution in [0.25, 0.3) is 0 Å². The summed E-state index contributed by atoms with van der Waals surface area (Å²) in [6.45, 7) is 7.08. The van der Waals surface area contributed by atoms with Crippen molar-refractivity contribution < 1.29 is 18.6 Å². The van der Waals surface area contributed by atoms with E-state index in [-0.39, 0.29) is 24.3 Å². The zero-order valence-electron chi connectivity index (χ0n) is 17.0. The number of ether oxygens (including phenoxy) is 3. The quantitative estimate of drug-likeness (QED) is 0.663. The van der Waals surface area contributed by atoms with Crippen LogP contribution in [-0.4, -0.2) is 51.5 Å². The Morgan fingerprint density at radius 1 is 1.14 bits per heavy atom. The van der Waals surface area contributed by atoms with E-state index in [2.05, 4.69) is 10.2 Å². The summed E-state index contributed by atoms with van der Waals surface area (Å²) in [5.41, 5.74) is 2.10. The second kappa shape index (κ2) is 12.0. The fourth-order valence-electron chi connectivity index (χ4n) is 3.51. The van der Waals surface area contributed by atoms with Gasteiger partial charge >= 0.3 is 0 Å². The van der Waals surface area contributed by atoms with Crippen molar-refractivity contribution in [2.45, 2.75) is 19.5 Å². The first-order chi connectivity index (χ1) is 13.7. The van der Waals surface area contributed by atoms with E-state index in [4.69, 9.17) is 14.2 Å². The van der Waals surface area contributed by atoms with Gasteiger partial charge in [0.25, 0.3) is 0 Å². The molecule has 5 nitrogen and oxygen atoms in total. The number of hydrogen-bond donors (Lipinski definition) is 1. The fraction of sp³-hybridized carbons (Fsp3) is 0.455. The summed E-state index contributed by atoms with van der Waals surface area (Å²) in [5, 5.41) is 3.52. The van der Waals surface area contributed by atoms with Crippen LogP contribution in [0.5, 0.6) is 11.5 Å². The average Bonchev–Trinajstić information content (AvgIpc) is 2.72. The monoisotopic (exact) mass is 424 g/mol. The number of hydrogen-bond acceptors (Lipinski definition) is 5. The summed E-state index contributed by atoms with van der Waals surface area (Å²) in [5.74, 6) is 1.28. The predicted octanol–water partition coefficient (Wildman–Crippen LogP) is 3.82. The van der Waals surface area contributed by atoms with Crippen LogP contribution >= 0.6 is 12.4 Å². The fourth-order valence-corrected chi connectivity index (χ4v) is 3.51. The third-order valence-electron chi connectivity index (χ3n) is 4.91. The summed E-state index contributed by atoms with van der Waals surface area (Å²) in [7, 11) is 1.64. The highest BCUT2D eigenvalue weighted by molar-refractivity contribution is 5.85. The SMILES string of the molecule is CCOc1cc(CNCC(c2cccc(F)c2)N2CCOCC2)ccc1OC.Cl. The van der Waals surface area contributed by atoms with E-state index in [1.165, 1.54) is 6.07 Å². The van der Waals surface area contributed by atoms with E-state index in [0.717, 1.165) is 42.3 Å². The molecule has 0 aromatic heterocycles. The standard InChI is InChI=1S/C22H29FN2O3.ClH/c1-3-28-22-13-17(7-8-21(22)26-2)15-24-16-20(25-9-11-27-12-10-25)18-5-4-6-19(23)14-18;/h4-8,13-14,20,24H,3,9-12,15-16H2,1-2H3;1H. The molecule has 2 aromatic carbocycles. The maximum atomic E-state index is 13.8. The maximum Gasteiger partial charge on any atom is 0.161 e. The van der Waals surface area contributed by atoms with Gasteiger partial charge in [-0.2, -0.15) is 0 Å². The largest absolute Gasteiger partial charge is 0.493 e. The molecule has 3 rings (SSSR count). The molecule has 0 bridgehead atoms. The molecule has 1 atom stereocenters. The molecule has 1 saturated heterocycles. The zero-order chi connectivity index (χ0) is 19.8. The van der Waals surface area contributed by atoms with Crippen LogP contribution in [0.1, 0.15) is 24.1 Å². The van der Waals surface area contributed by atoms with Gasteiger partial charge in [0.05, 0.1) is 26.9 Å². The highest BCUT2D eigenvalue weighted by atomic mass is 35.5. The number of benzene rings is 2. The third-order valence-corrected chi connectivity index (χ3v) is 4.91. The van der Waals surface area contributed by atoms with Crippen molar-refractivity contribution in [2.24, 2.45) is 0 Å². The van der Waals surface area contributed by atoms with Crippen LogP contribution in [0, 0.1) is 5.82 Å². The third kappa shape index (κ3) is 6.57. The summed E-state index contributed by atoms with van der Waals surface area (Å²) in [4.78, 5) is 2.35. The molecule has 0 saturated carbocycles. The van der Waals surface area contributed by atoms with Crippen molar-refractivity contribution in [3.05, 3.63) is 59.4 Å². The van der Waals surface area contributed by atoms with E-state index < -0.39 is 0 Å². The number of halogens is 2. The lowest BCUT2D eigenvalue weighted by Gasteiger charge is -2.35. The Labute approximate surface area is 178 Å². The number of nitrogens with zero attached hydrogens (tertiary/aromatic N) is 1. The van der Waals surface area contributed by atoms with Gasteiger partial charge in [0.15, 0.2) is 11.5 Å². The Hall–Kier alpha value is -1.86. The Balaban J connectivity index is 0.00000300. The topological polar surface area (TPSA) is 43.0 Å². The van der Waals surface area contributed by atoms with Gasteiger partial charge in [-0.05, 0) is 42.3 Å². The number of rotatable bonds is 9. The van der Waals surface area contributed by atoms with Gasteiger partial charge in [-0.1, -0.05) is 18.2 Å². The average molecular weight is 425 g/mol. The van der Waals surface area contributed by atoms with Crippen LogP contribution in [0.3, 0.4) is 0 Å². The van der Waals surface area contributed by atoms with Crippen molar-refractivity contribution in [1.82, 2.24) is 10.2 Å². The lowest BCUT2D eigenvalue weighted by atomic mass is 10.0. The van der Waals surface area contributed by atoms with Crippen LogP contribution in [0.4, 0.5) is 4.39 Å². The minimum absolute atomic E-state index is 0. The van der Waals surface area contributed by atoms with Crippen LogP contribution in [-0.2, 0) is 11.3 Å². The van der Waals surface area contributed by atoms with Gasteiger partial charge in [0.2, 0.25) is 0 Å². The second-order valence-corrected chi connectivity index (χ2v) is 6.77. The van der Waals surface area contributed by atoms with Gasteiger partial charge in [-0.3, -0.25) is 4.90 Å². The van der Waals surface area contributed by atoms with E-state index in [0.29, 0.717) is 26.4 Å². The minimum atomic E-state index is -0.202. The van der Waals surface area contributed by atoms with Crippen molar-refractivity contribution in [3.63, 3.8) is 0 Å². The summed E-state index contributed by atoms with van der Waals surface area (Å²) >= 11 is 0. The summed E-state index contributed by atoms with van der Waals surface area (Å²) < 4.78 is 30.3. The molecule has 1 N–H and O–H groups in total. The van der Waals surface area contributed by atoms with Crippen LogP contribution < -0.4 is 14.8 Å². The minimum Gasteiger partial charge on any atom is -0.493 e. The molecule has 1 aliphatic heterocycles. The lowest BCUT2D eigenvalue weighted by molar-refractivity contribution is 0.0160. The molecular weight excluding hydrogens is 395 g/mol. The van der Waals surface area contributed by atoms with Crippen molar-refractivity contribution >= 4 is 12.4 Å². The van der Waals surface area contributed by atoms with Gasteiger partial charge in [0.1, 0.15) is 5.82 Å². The van der Waals surface area contributed by atoms with Crippen molar-refractivity contribution in [3.8, 4) is 11.5 Å². The first-order valence-electron chi connectivity index (χ1n) is 9.79. The summed E-state index contributed by atoms with van der Waals surface area (Å²) in [6.07, 6.45) is 0. The summed E-state index contributed by atoms with van der Waals surface area (Å²) in [6, 6.07) is 12.9. The lowest BCUT2D eigenvalue weighted by Crippen LogP contribution is -2.42. The van der Waals surface area contributed by atoms with E-state index >= 15 is 0 Å². The van der Waals surface area contributed by atoms with E-state index in [9.17, 15) is 4.39 Å². The van der Waals surface area contributed by atoms with E-state index in [1.807, 2.05) is 31.2 Å². The smallest absolute Gasteiger partial charge is 0.161 e. The molecule has 7 heteroatoms. The molecule has 1 unspecified atom stereocenters. The van der Waals surface area contributed by atoms with Gasteiger partial charge in [-0.25, -0.2) is 4.39 Å². The van der Waals surface area contributed by atoms with Crippen molar-refractivity contribution in [2.75, 3.05) is 46.6 Å². The van der Waals surface area contributed by atoms with E-state index in [1.54, 1.807) is 19.2 Å². The molecule has 0 spiro atoms. The normalized spacial score (nSPS) is 15.4. The zero-order valence-corrected chi connectivity index (χ0v) is 17.8. The van der Waals surface area contributed by atoms with Gasteiger partial charge in [-0.15, -0.1) is 12.4 Å². The molecule has 1 aliphatic rings. The molecular formula is C22H30ClFN2O3. The highest BCUT2D eigenvalue weighted by Crippen LogP contribution is 2.28. The predicted molar refractivity (Wildman–Crippen MR) is 115 cm³/mol.